The van der Waals surface area contributed by atoms with Crippen molar-refractivity contribution in [2.24, 2.45) is 5.92 Å². The van der Waals surface area contributed by atoms with E-state index in [2.05, 4.69) is 10.6 Å². The molecule has 4 rings (SSSR count). The first-order chi connectivity index (χ1) is 16.7. The molecule has 1 saturated heterocycles. The molecule has 2 aromatic carbocycles. The lowest BCUT2D eigenvalue weighted by molar-refractivity contribution is -0.137. The average molecular weight is 486 g/mol. The molecule has 0 radical (unpaired) electrons. The molecular weight excluding hydrogens is 459 g/mol. The fraction of sp³-hybridized carbons (Fsp3) is 0.308. The first-order valence-electron chi connectivity index (χ1n) is 11.4. The number of urea groups is 1. The normalized spacial score (nSPS) is 16.1. The maximum Gasteiger partial charge on any atom is 0.416 e. The van der Waals surface area contributed by atoms with Gasteiger partial charge in [0, 0.05) is 30.9 Å². The van der Waals surface area contributed by atoms with Crippen LogP contribution >= 0.6 is 0 Å². The van der Waals surface area contributed by atoms with E-state index >= 15 is 0 Å². The highest BCUT2D eigenvalue weighted by molar-refractivity contribution is 5.92. The number of hydrogen-bond donors (Lipinski definition) is 2. The summed E-state index contributed by atoms with van der Waals surface area (Å²) in [6.45, 7) is 3.37. The van der Waals surface area contributed by atoms with Gasteiger partial charge in [0.25, 0.3) is 5.91 Å². The van der Waals surface area contributed by atoms with Gasteiger partial charge in [-0.1, -0.05) is 29.8 Å². The van der Waals surface area contributed by atoms with Gasteiger partial charge in [0.15, 0.2) is 5.76 Å². The first kappa shape index (κ1) is 24.4. The second-order valence-corrected chi connectivity index (χ2v) is 8.70. The molecule has 0 spiro atoms. The molecule has 2 heterocycles. The molecule has 1 unspecified atom stereocenters. The summed E-state index contributed by atoms with van der Waals surface area (Å²) in [5, 5.41) is 5.64. The van der Waals surface area contributed by atoms with E-state index in [1.54, 1.807) is 4.90 Å². The number of alkyl halides is 3. The summed E-state index contributed by atoms with van der Waals surface area (Å²) in [5.74, 6) is 0.0250. The van der Waals surface area contributed by atoms with Gasteiger partial charge in [-0.15, -0.1) is 0 Å². The molecule has 2 N–H and O–H groups in total. The van der Waals surface area contributed by atoms with Crippen molar-refractivity contribution in [3.63, 3.8) is 0 Å². The maximum absolute atomic E-state index is 13.0. The van der Waals surface area contributed by atoms with Gasteiger partial charge in [-0.25, -0.2) is 4.79 Å². The number of anilines is 1. The summed E-state index contributed by atoms with van der Waals surface area (Å²) < 4.78 is 44.7. The van der Waals surface area contributed by atoms with Gasteiger partial charge in [0.05, 0.1) is 5.56 Å². The second-order valence-electron chi connectivity index (χ2n) is 8.70. The van der Waals surface area contributed by atoms with E-state index < -0.39 is 11.7 Å². The maximum atomic E-state index is 13.0. The zero-order chi connectivity index (χ0) is 25.0. The van der Waals surface area contributed by atoms with E-state index in [-0.39, 0.29) is 34.9 Å². The van der Waals surface area contributed by atoms with Crippen molar-refractivity contribution in [2.45, 2.75) is 25.9 Å². The van der Waals surface area contributed by atoms with Gasteiger partial charge in [-0.05, 0) is 62.1 Å². The van der Waals surface area contributed by atoms with Crippen LogP contribution in [0.5, 0.6) is 0 Å². The number of furan rings is 1. The van der Waals surface area contributed by atoms with Crippen molar-refractivity contribution < 1.29 is 27.2 Å². The number of carbonyl (C=O) groups excluding carboxylic acids is 2. The van der Waals surface area contributed by atoms with Crippen LogP contribution in [-0.4, -0.2) is 36.5 Å². The van der Waals surface area contributed by atoms with Crippen LogP contribution in [0.25, 0.3) is 11.3 Å². The number of benzene rings is 2. The highest BCUT2D eigenvalue weighted by Gasteiger charge is 2.31. The Kier molecular flexibility index (Phi) is 7.14. The lowest BCUT2D eigenvalue weighted by atomic mass is 9.98. The highest BCUT2D eigenvalue weighted by Crippen LogP contribution is 2.33. The number of nitrogens with zero attached hydrogens (tertiary/aromatic N) is 1. The summed E-state index contributed by atoms with van der Waals surface area (Å²) >= 11 is 0. The molecule has 1 aliphatic heterocycles. The summed E-state index contributed by atoms with van der Waals surface area (Å²) in [6.07, 6.45) is -2.82. The third-order valence-electron chi connectivity index (χ3n) is 5.96. The lowest BCUT2D eigenvalue weighted by Crippen LogP contribution is -2.44. The topological polar surface area (TPSA) is 74.6 Å². The first-order valence-corrected chi connectivity index (χ1v) is 11.4. The Morgan fingerprint density at radius 1 is 1.09 bits per heavy atom. The number of rotatable bonds is 5. The number of likely N-dealkylation sites (tertiary alicyclic amines) is 1. The predicted octanol–water partition coefficient (Wildman–Crippen LogP) is 5.95. The fourth-order valence-electron chi connectivity index (χ4n) is 4.08. The Morgan fingerprint density at radius 3 is 2.60 bits per heavy atom. The summed E-state index contributed by atoms with van der Waals surface area (Å²) in [6, 6.07) is 14.9. The van der Waals surface area contributed by atoms with E-state index in [4.69, 9.17) is 4.42 Å². The Labute approximate surface area is 201 Å². The molecule has 35 heavy (non-hydrogen) atoms. The molecule has 1 atom stereocenters. The SMILES string of the molecule is Cc1ccc(NC(=O)NCC2CCCN(C(=O)c3ccc(-c4cccc(C(F)(F)F)c4)o3)C2)cc1. The summed E-state index contributed by atoms with van der Waals surface area (Å²) in [4.78, 5) is 26.8. The lowest BCUT2D eigenvalue weighted by Gasteiger charge is -2.32. The van der Waals surface area contributed by atoms with Crippen LogP contribution in [0, 0.1) is 12.8 Å². The second kappa shape index (κ2) is 10.2. The minimum atomic E-state index is -4.46. The number of piperidine rings is 1. The summed E-state index contributed by atoms with van der Waals surface area (Å²) in [5.41, 5.74) is 1.26. The molecule has 1 aliphatic rings. The molecule has 3 aromatic rings. The third-order valence-corrected chi connectivity index (χ3v) is 5.96. The molecule has 9 heteroatoms. The molecule has 1 fully saturated rings. The van der Waals surface area contributed by atoms with E-state index in [1.807, 2.05) is 31.2 Å². The Hall–Kier alpha value is -3.75. The van der Waals surface area contributed by atoms with Crippen molar-refractivity contribution >= 4 is 17.6 Å². The van der Waals surface area contributed by atoms with E-state index in [9.17, 15) is 22.8 Å². The molecule has 184 valence electrons. The molecule has 0 bridgehead atoms. The highest BCUT2D eigenvalue weighted by atomic mass is 19.4. The molecule has 0 aliphatic carbocycles. The number of aryl methyl sites for hydroxylation is 1. The Balaban J connectivity index is 1.33. The van der Waals surface area contributed by atoms with Crippen LogP contribution in [0.2, 0.25) is 0 Å². The predicted molar refractivity (Wildman–Crippen MR) is 126 cm³/mol. The van der Waals surface area contributed by atoms with E-state index in [0.29, 0.717) is 25.3 Å². The number of halogens is 3. The van der Waals surface area contributed by atoms with Crippen LogP contribution in [0.1, 0.15) is 34.5 Å². The van der Waals surface area contributed by atoms with Gasteiger partial charge >= 0.3 is 12.2 Å². The van der Waals surface area contributed by atoms with Crippen molar-refractivity contribution in [1.82, 2.24) is 10.2 Å². The molecule has 3 amide bonds. The van der Waals surface area contributed by atoms with Gasteiger partial charge in [-0.3, -0.25) is 4.79 Å². The van der Waals surface area contributed by atoms with Crippen molar-refractivity contribution in [1.29, 1.82) is 0 Å². The molecule has 6 nitrogen and oxygen atoms in total. The van der Waals surface area contributed by atoms with Gasteiger partial charge in [-0.2, -0.15) is 13.2 Å². The fourth-order valence-corrected chi connectivity index (χ4v) is 4.08. The Morgan fingerprint density at radius 2 is 1.86 bits per heavy atom. The van der Waals surface area contributed by atoms with Crippen LogP contribution in [0.4, 0.5) is 23.7 Å². The number of amides is 3. The number of hydrogen-bond acceptors (Lipinski definition) is 3. The van der Waals surface area contributed by atoms with Crippen LogP contribution in [-0.2, 0) is 6.18 Å². The van der Waals surface area contributed by atoms with Gasteiger partial charge in [0.1, 0.15) is 5.76 Å². The zero-order valence-electron chi connectivity index (χ0n) is 19.2. The molecule has 1 aromatic heterocycles. The molecule has 0 saturated carbocycles. The van der Waals surface area contributed by atoms with Crippen LogP contribution < -0.4 is 10.6 Å². The van der Waals surface area contributed by atoms with Gasteiger partial charge in [0.2, 0.25) is 0 Å². The molecular formula is C26H26F3N3O3. The van der Waals surface area contributed by atoms with Crippen LogP contribution in [0.15, 0.2) is 65.1 Å². The smallest absolute Gasteiger partial charge is 0.416 e. The largest absolute Gasteiger partial charge is 0.451 e. The minimum Gasteiger partial charge on any atom is -0.451 e. The minimum absolute atomic E-state index is 0.0723. The van der Waals surface area contributed by atoms with Crippen LogP contribution in [0.3, 0.4) is 0 Å². The third kappa shape index (κ3) is 6.23. The van der Waals surface area contributed by atoms with E-state index in [1.165, 1.54) is 24.3 Å². The van der Waals surface area contributed by atoms with Crippen molar-refractivity contribution in [3.05, 3.63) is 77.6 Å². The zero-order valence-corrected chi connectivity index (χ0v) is 19.2. The Bertz CT molecular complexity index is 1190. The number of carbonyl (C=O) groups is 2. The standard InChI is InChI=1S/C26H26F3N3O3/c1-17-7-9-21(10-8-17)31-25(34)30-15-18-4-3-13-32(16-18)24(33)23-12-11-22(35-23)19-5-2-6-20(14-19)26(27,28)29/h2,5-12,14,18H,3-4,13,15-16H2,1H3,(H2,30,31,34). The van der Waals surface area contributed by atoms with E-state index in [0.717, 1.165) is 30.5 Å². The van der Waals surface area contributed by atoms with Crippen molar-refractivity contribution in [3.8, 4) is 11.3 Å². The quantitative estimate of drug-likeness (QED) is 0.469. The average Bonchev–Trinajstić information content (AvgIpc) is 3.34. The van der Waals surface area contributed by atoms with Gasteiger partial charge < -0.3 is 20.0 Å². The van der Waals surface area contributed by atoms with Crippen molar-refractivity contribution in [2.75, 3.05) is 25.0 Å². The number of nitrogens with one attached hydrogen (secondary N) is 2. The monoisotopic (exact) mass is 485 g/mol. The summed E-state index contributed by atoms with van der Waals surface area (Å²) in [7, 11) is 0.